The summed E-state index contributed by atoms with van der Waals surface area (Å²) in [5.74, 6) is 1.39. The standard InChI is InChI=1S/C12H21NO/c1-9(2)12(14)7-10(3)11-5-4-6-13-8-11/h10-11,13H,1,4-8H2,2-3H3. The van der Waals surface area contributed by atoms with Crippen LogP contribution in [0.15, 0.2) is 12.2 Å². The van der Waals surface area contributed by atoms with Crippen molar-refractivity contribution in [3.05, 3.63) is 12.2 Å². The van der Waals surface area contributed by atoms with Crippen molar-refractivity contribution in [3.63, 3.8) is 0 Å². The predicted octanol–water partition coefficient (Wildman–Crippen LogP) is 2.16. The van der Waals surface area contributed by atoms with Gasteiger partial charge < -0.3 is 5.32 Å². The minimum absolute atomic E-state index is 0.225. The SMILES string of the molecule is C=C(C)C(=O)CC(C)C1CCCNC1. The van der Waals surface area contributed by atoms with Crippen LogP contribution in [0.4, 0.5) is 0 Å². The lowest BCUT2D eigenvalue weighted by molar-refractivity contribution is -0.116. The Bertz CT molecular complexity index is 216. The number of hydrogen-bond donors (Lipinski definition) is 1. The molecule has 0 amide bonds. The van der Waals surface area contributed by atoms with E-state index in [0.717, 1.165) is 13.1 Å². The molecule has 14 heavy (non-hydrogen) atoms. The summed E-state index contributed by atoms with van der Waals surface area (Å²) in [7, 11) is 0. The highest BCUT2D eigenvalue weighted by atomic mass is 16.1. The van der Waals surface area contributed by atoms with Gasteiger partial charge in [-0.05, 0) is 50.3 Å². The summed E-state index contributed by atoms with van der Waals surface area (Å²) < 4.78 is 0. The van der Waals surface area contributed by atoms with Gasteiger partial charge in [-0.3, -0.25) is 4.79 Å². The summed E-state index contributed by atoms with van der Waals surface area (Å²) in [5, 5.41) is 3.38. The van der Waals surface area contributed by atoms with Crippen molar-refractivity contribution in [3.8, 4) is 0 Å². The number of nitrogens with one attached hydrogen (secondary N) is 1. The molecule has 0 aromatic rings. The number of rotatable bonds is 4. The largest absolute Gasteiger partial charge is 0.316 e. The zero-order chi connectivity index (χ0) is 10.6. The van der Waals surface area contributed by atoms with Crippen LogP contribution in [0, 0.1) is 11.8 Å². The van der Waals surface area contributed by atoms with Crippen LogP contribution < -0.4 is 5.32 Å². The molecule has 2 heteroatoms. The molecule has 0 radical (unpaired) electrons. The number of ketones is 1. The molecule has 2 unspecified atom stereocenters. The van der Waals surface area contributed by atoms with Crippen LogP contribution in [0.3, 0.4) is 0 Å². The minimum atomic E-state index is 0.225. The van der Waals surface area contributed by atoms with E-state index < -0.39 is 0 Å². The third kappa shape index (κ3) is 3.26. The summed E-state index contributed by atoms with van der Waals surface area (Å²) in [4.78, 5) is 11.5. The van der Waals surface area contributed by atoms with E-state index in [9.17, 15) is 4.79 Å². The normalized spacial score (nSPS) is 24.3. The van der Waals surface area contributed by atoms with Crippen LogP contribution in [-0.2, 0) is 4.79 Å². The van der Waals surface area contributed by atoms with Crippen LogP contribution in [0.5, 0.6) is 0 Å². The fourth-order valence-electron chi connectivity index (χ4n) is 2.00. The molecular weight excluding hydrogens is 174 g/mol. The van der Waals surface area contributed by atoms with Gasteiger partial charge in [-0.25, -0.2) is 0 Å². The third-order valence-electron chi connectivity index (χ3n) is 3.12. The van der Waals surface area contributed by atoms with Gasteiger partial charge in [0, 0.05) is 6.42 Å². The van der Waals surface area contributed by atoms with Gasteiger partial charge >= 0.3 is 0 Å². The minimum Gasteiger partial charge on any atom is -0.316 e. The molecule has 0 aliphatic carbocycles. The molecule has 1 saturated heterocycles. The van der Waals surface area contributed by atoms with E-state index in [-0.39, 0.29) is 5.78 Å². The Hall–Kier alpha value is -0.630. The van der Waals surface area contributed by atoms with Crippen molar-refractivity contribution in [2.75, 3.05) is 13.1 Å². The lowest BCUT2D eigenvalue weighted by Crippen LogP contribution is -2.34. The molecule has 0 aromatic carbocycles. The molecule has 0 aromatic heterocycles. The van der Waals surface area contributed by atoms with Crippen molar-refractivity contribution in [1.82, 2.24) is 5.32 Å². The molecule has 1 heterocycles. The van der Waals surface area contributed by atoms with Crippen molar-refractivity contribution in [1.29, 1.82) is 0 Å². The predicted molar refractivity (Wildman–Crippen MR) is 59.2 cm³/mol. The van der Waals surface area contributed by atoms with E-state index >= 15 is 0 Å². The fourth-order valence-corrected chi connectivity index (χ4v) is 2.00. The highest BCUT2D eigenvalue weighted by Crippen LogP contribution is 2.23. The molecular formula is C12H21NO. The Morgan fingerprint density at radius 3 is 2.86 bits per heavy atom. The van der Waals surface area contributed by atoms with Crippen molar-refractivity contribution < 1.29 is 4.79 Å². The number of hydrogen-bond acceptors (Lipinski definition) is 2. The first kappa shape index (κ1) is 11.4. The Labute approximate surface area is 86.8 Å². The molecule has 1 aliphatic heterocycles. The highest BCUT2D eigenvalue weighted by molar-refractivity contribution is 5.94. The number of allylic oxidation sites excluding steroid dienone is 1. The molecule has 1 N–H and O–H groups in total. The maximum absolute atomic E-state index is 11.5. The van der Waals surface area contributed by atoms with Gasteiger partial charge in [0.1, 0.15) is 0 Å². The zero-order valence-electron chi connectivity index (χ0n) is 9.31. The second-order valence-electron chi connectivity index (χ2n) is 4.49. The first-order chi connectivity index (χ1) is 6.61. The molecule has 0 bridgehead atoms. The van der Waals surface area contributed by atoms with Crippen molar-refractivity contribution >= 4 is 5.78 Å². The van der Waals surface area contributed by atoms with Crippen LogP contribution in [0.1, 0.15) is 33.1 Å². The first-order valence-corrected chi connectivity index (χ1v) is 5.50. The Kier molecular flexibility index (Phi) is 4.33. The van der Waals surface area contributed by atoms with Crippen LogP contribution >= 0.6 is 0 Å². The fraction of sp³-hybridized carbons (Fsp3) is 0.750. The van der Waals surface area contributed by atoms with Crippen LogP contribution in [-0.4, -0.2) is 18.9 Å². The van der Waals surface area contributed by atoms with E-state index in [0.29, 0.717) is 23.8 Å². The molecule has 0 spiro atoms. The third-order valence-corrected chi connectivity index (χ3v) is 3.12. The Balaban J connectivity index is 2.36. The van der Waals surface area contributed by atoms with Gasteiger partial charge in [0.05, 0.1) is 0 Å². The molecule has 80 valence electrons. The smallest absolute Gasteiger partial charge is 0.158 e. The summed E-state index contributed by atoms with van der Waals surface area (Å²) in [6.45, 7) is 9.88. The topological polar surface area (TPSA) is 29.1 Å². The number of carbonyl (C=O) groups is 1. The zero-order valence-corrected chi connectivity index (χ0v) is 9.31. The van der Waals surface area contributed by atoms with E-state index in [2.05, 4.69) is 18.8 Å². The van der Waals surface area contributed by atoms with Gasteiger partial charge in [-0.2, -0.15) is 0 Å². The summed E-state index contributed by atoms with van der Waals surface area (Å²) in [6.07, 6.45) is 3.18. The first-order valence-electron chi connectivity index (χ1n) is 5.50. The second kappa shape index (κ2) is 5.30. The second-order valence-corrected chi connectivity index (χ2v) is 4.49. The average Bonchev–Trinajstić information content (AvgIpc) is 2.19. The van der Waals surface area contributed by atoms with E-state index in [1.54, 1.807) is 6.92 Å². The van der Waals surface area contributed by atoms with Gasteiger partial charge in [-0.15, -0.1) is 0 Å². The van der Waals surface area contributed by atoms with Crippen LogP contribution in [0.2, 0.25) is 0 Å². The average molecular weight is 195 g/mol. The molecule has 1 aliphatic rings. The monoisotopic (exact) mass is 195 g/mol. The summed E-state index contributed by atoms with van der Waals surface area (Å²) in [6, 6.07) is 0. The molecule has 0 saturated carbocycles. The van der Waals surface area contributed by atoms with Gasteiger partial charge in [0.2, 0.25) is 0 Å². The summed E-state index contributed by atoms with van der Waals surface area (Å²) >= 11 is 0. The van der Waals surface area contributed by atoms with Gasteiger partial charge in [0.25, 0.3) is 0 Å². The van der Waals surface area contributed by atoms with Crippen molar-refractivity contribution in [2.24, 2.45) is 11.8 Å². The van der Waals surface area contributed by atoms with E-state index in [1.807, 2.05) is 0 Å². The number of piperidine rings is 1. The number of Topliss-reactive ketones (excluding diaryl/α,β-unsaturated/α-hetero) is 1. The lowest BCUT2D eigenvalue weighted by atomic mass is 9.84. The van der Waals surface area contributed by atoms with Crippen molar-refractivity contribution in [2.45, 2.75) is 33.1 Å². The maximum atomic E-state index is 11.5. The van der Waals surface area contributed by atoms with Gasteiger partial charge in [-0.1, -0.05) is 13.5 Å². The molecule has 2 nitrogen and oxygen atoms in total. The molecule has 1 fully saturated rings. The summed E-state index contributed by atoms with van der Waals surface area (Å²) in [5.41, 5.74) is 0.695. The highest BCUT2D eigenvalue weighted by Gasteiger charge is 2.21. The molecule has 1 rings (SSSR count). The van der Waals surface area contributed by atoms with Crippen LogP contribution in [0.25, 0.3) is 0 Å². The van der Waals surface area contributed by atoms with E-state index in [1.165, 1.54) is 12.8 Å². The van der Waals surface area contributed by atoms with Gasteiger partial charge in [0.15, 0.2) is 5.78 Å². The quantitative estimate of drug-likeness (QED) is 0.696. The lowest BCUT2D eigenvalue weighted by Gasteiger charge is -2.27. The Morgan fingerprint density at radius 1 is 1.64 bits per heavy atom. The number of carbonyl (C=O) groups excluding carboxylic acids is 1. The van der Waals surface area contributed by atoms with E-state index in [4.69, 9.17) is 0 Å². The molecule has 2 atom stereocenters. The Morgan fingerprint density at radius 2 is 2.36 bits per heavy atom. The maximum Gasteiger partial charge on any atom is 0.158 e.